The zero-order valence-corrected chi connectivity index (χ0v) is 23.4. The molecular formula is C31H37FN4O4. The third kappa shape index (κ3) is 6.94. The Kier molecular flexibility index (Phi) is 9.34. The number of nitro benzene ring substituents is 1. The van der Waals surface area contributed by atoms with E-state index in [4.69, 9.17) is 0 Å². The monoisotopic (exact) mass is 548 g/mol. The number of rotatable bonds is 10. The fourth-order valence-corrected chi connectivity index (χ4v) is 5.35. The first kappa shape index (κ1) is 29.0. The van der Waals surface area contributed by atoms with Crippen LogP contribution in [0.3, 0.4) is 0 Å². The number of benzene rings is 2. The largest absolute Gasteiger partial charge is 0.345 e. The smallest absolute Gasteiger partial charge is 0.273 e. The van der Waals surface area contributed by atoms with Gasteiger partial charge in [0.05, 0.1) is 11.5 Å². The number of aromatic nitrogens is 1. The van der Waals surface area contributed by atoms with E-state index in [0.717, 1.165) is 43.4 Å². The van der Waals surface area contributed by atoms with E-state index in [0.29, 0.717) is 18.7 Å². The molecule has 0 atom stereocenters. The Bertz CT molecular complexity index is 1350. The molecule has 2 amide bonds. The van der Waals surface area contributed by atoms with Crippen molar-refractivity contribution < 1.29 is 18.9 Å². The van der Waals surface area contributed by atoms with E-state index in [1.54, 1.807) is 31.2 Å². The summed E-state index contributed by atoms with van der Waals surface area (Å²) in [5, 5.41) is 11.5. The van der Waals surface area contributed by atoms with Gasteiger partial charge >= 0.3 is 0 Å². The van der Waals surface area contributed by atoms with Crippen molar-refractivity contribution in [3.8, 4) is 0 Å². The van der Waals surface area contributed by atoms with Gasteiger partial charge in [-0.25, -0.2) is 4.39 Å². The number of nitro groups is 1. The lowest BCUT2D eigenvalue weighted by Crippen LogP contribution is -2.49. The van der Waals surface area contributed by atoms with Crippen molar-refractivity contribution in [3.05, 3.63) is 99.1 Å². The predicted octanol–water partition coefficient (Wildman–Crippen LogP) is 6.10. The van der Waals surface area contributed by atoms with Gasteiger partial charge in [-0.05, 0) is 69.5 Å². The summed E-state index contributed by atoms with van der Waals surface area (Å²) in [4.78, 5) is 41.8. The number of nitrogens with zero attached hydrogens (tertiary/aromatic N) is 4. The van der Waals surface area contributed by atoms with Crippen molar-refractivity contribution in [2.45, 2.75) is 78.0 Å². The van der Waals surface area contributed by atoms with Crippen LogP contribution >= 0.6 is 0 Å². The second kappa shape index (κ2) is 12.9. The predicted molar refractivity (Wildman–Crippen MR) is 151 cm³/mol. The number of carbonyl (C=O) groups excluding carboxylic acids is 2. The van der Waals surface area contributed by atoms with Gasteiger partial charge in [0.1, 0.15) is 12.4 Å². The summed E-state index contributed by atoms with van der Waals surface area (Å²) >= 11 is 0. The second-order valence-electron chi connectivity index (χ2n) is 10.9. The highest BCUT2D eigenvalue weighted by Gasteiger charge is 2.30. The molecule has 2 aromatic carbocycles. The normalized spacial score (nSPS) is 13.8. The molecule has 0 aliphatic heterocycles. The average Bonchev–Trinajstić information content (AvgIpc) is 3.38. The summed E-state index contributed by atoms with van der Waals surface area (Å²) in [6, 6.07) is 14.5. The minimum Gasteiger partial charge on any atom is -0.345 e. The molecule has 1 aromatic heterocycles. The molecule has 1 heterocycles. The number of carbonyl (C=O) groups is 2. The minimum atomic E-state index is -0.497. The maximum absolute atomic E-state index is 13.9. The number of hydrogen-bond acceptors (Lipinski definition) is 4. The van der Waals surface area contributed by atoms with Gasteiger partial charge in [0.25, 0.3) is 11.6 Å². The third-order valence-electron chi connectivity index (χ3n) is 7.70. The topological polar surface area (TPSA) is 88.7 Å². The Balaban J connectivity index is 1.57. The first-order valence-corrected chi connectivity index (χ1v) is 13.9. The highest BCUT2D eigenvalue weighted by molar-refractivity contribution is 5.97. The van der Waals surface area contributed by atoms with Crippen molar-refractivity contribution in [3.63, 3.8) is 0 Å². The third-order valence-corrected chi connectivity index (χ3v) is 7.70. The Labute approximate surface area is 234 Å². The molecule has 1 saturated carbocycles. The van der Waals surface area contributed by atoms with Gasteiger partial charge in [0.15, 0.2) is 0 Å². The molecule has 1 aliphatic carbocycles. The molecule has 0 spiro atoms. The molecule has 9 heteroatoms. The van der Waals surface area contributed by atoms with Gasteiger partial charge in [-0.15, -0.1) is 0 Å². The lowest BCUT2D eigenvalue weighted by atomic mass is 9.94. The number of hydrogen-bond donors (Lipinski definition) is 0. The Morgan fingerprint density at radius 3 is 2.42 bits per heavy atom. The lowest BCUT2D eigenvalue weighted by Gasteiger charge is -2.37. The van der Waals surface area contributed by atoms with Crippen molar-refractivity contribution in [1.29, 1.82) is 0 Å². The summed E-state index contributed by atoms with van der Waals surface area (Å²) in [5.74, 6) is -0.838. The van der Waals surface area contributed by atoms with E-state index in [1.165, 1.54) is 23.1 Å². The van der Waals surface area contributed by atoms with Gasteiger partial charge in [-0.1, -0.05) is 37.5 Å². The summed E-state index contributed by atoms with van der Waals surface area (Å²) in [7, 11) is 0. The fraction of sp³-hybridized carbons (Fsp3) is 0.419. The molecule has 0 N–H and O–H groups in total. The average molecular weight is 549 g/mol. The Hall–Kier alpha value is -4.01. The van der Waals surface area contributed by atoms with E-state index in [9.17, 15) is 24.1 Å². The first-order chi connectivity index (χ1) is 19.1. The summed E-state index contributed by atoms with van der Waals surface area (Å²) in [5.41, 5.74) is 2.46. The van der Waals surface area contributed by atoms with E-state index in [-0.39, 0.29) is 41.6 Å². The lowest BCUT2D eigenvalue weighted by molar-refractivity contribution is -0.385. The van der Waals surface area contributed by atoms with E-state index in [1.807, 2.05) is 37.1 Å². The summed E-state index contributed by atoms with van der Waals surface area (Å²) in [6.45, 7) is 6.14. The minimum absolute atomic E-state index is 0.0694. The van der Waals surface area contributed by atoms with Crippen LogP contribution < -0.4 is 0 Å². The molecule has 1 aliphatic rings. The van der Waals surface area contributed by atoms with Crippen molar-refractivity contribution in [2.24, 2.45) is 0 Å². The molecule has 4 rings (SSSR count). The molecule has 0 unspecified atom stereocenters. The Morgan fingerprint density at radius 2 is 1.77 bits per heavy atom. The van der Waals surface area contributed by atoms with E-state index < -0.39 is 10.8 Å². The zero-order valence-electron chi connectivity index (χ0n) is 23.4. The van der Waals surface area contributed by atoms with Crippen LogP contribution in [0.1, 0.15) is 73.1 Å². The van der Waals surface area contributed by atoms with Gasteiger partial charge in [0.2, 0.25) is 5.91 Å². The maximum Gasteiger partial charge on any atom is 0.273 e. The highest BCUT2D eigenvalue weighted by Crippen LogP contribution is 2.26. The van der Waals surface area contributed by atoms with E-state index in [2.05, 4.69) is 4.57 Å². The van der Waals surface area contributed by atoms with Crippen molar-refractivity contribution >= 4 is 17.5 Å². The maximum atomic E-state index is 13.9. The standard InChI is InChI=1S/C31H37FN4O4/c1-22(2)34(31(38)25-14-11-23(3)29(18-25)36(39)40)21-30(37)35(27-8-5-4-6-9-27)20-28-10-7-17-33(28)19-24-12-15-26(32)16-13-24/h7,10-18,22,27H,4-6,8-9,19-21H2,1-3H3. The zero-order chi connectivity index (χ0) is 28.8. The molecule has 0 bridgehead atoms. The van der Waals surface area contributed by atoms with Gasteiger partial charge in [-0.3, -0.25) is 19.7 Å². The number of amides is 2. The van der Waals surface area contributed by atoms with Gasteiger partial charge in [-0.2, -0.15) is 0 Å². The second-order valence-corrected chi connectivity index (χ2v) is 10.9. The molecule has 0 radical (unpaired) electrons. The molecule has 1 fully saturated rings. The van der Waals surface area contributed by atoms with Crippen LogP contribution in [0, 0.1) is 22.9 Å². The molecule has 0 saturated heterocycles. The summed E-state index contributed by atoms with van der Waals surface area (Å²) < 4.78 is 15.5. The molecule has 3 aromatic rings. The van der Waals surface area contributed by atoms with Crippen LogP contribution in [0.25, 0.3) is 0 Å². The van der Waals surface area contributed by atoms with Gasteiger partial charge < -0.3 is 14.4 Å². The molecule has 8 nitrogen and oxygen atoms in total. The Morgan fingerprint density at radius 1 is 1.07 bits per heavy atom. The number of halogens is 1. The SMILES string of the molecule is Cc1ccc(C(=O)N(CC(=O)N(Cc2cccn2Cc2ccc(F)cc2)C2CCCCC2)C(C)C)cc1[N+](=O)[O-]. The summed E-state index contributed by atoms with van der Waals surface area (Å²) in [6.07, 6.45) is 7.00. The first-order valence-electron chi connectivity index (χ1n) is 13.9. The highest BCUT2D eigenvalue weighted by atomic mass is 19.1. The number of aryl methyl sites for hydroxylation is 1. The van der Waals surface area contributed by atoms with Crippen LogP contribution in [0.2, 0.25) is 0 Å². The van der Waals surface area contributed by atoms with Crippen molar-refractivity contribution in [2.75, 3.05) is 6.54 Å². The molecule has 212 valence electrons. The van der Waals surface area contributed by atoms with E-state index >= 15 is 0 Å². The van der Waals surface area contributed by atoms with Crippen LogP contribution in [-0.4, -0.2) is 49.7 Å². The quantitative estimate of drug-likeness (QED) is 0.226. The van der Waals surface area contributed by atoms with Crippen LogP contribution in [0.15, 0.2) is 60.8 Å². The van der Waals surface area contributed by atoms with Crippen LogP contribution in [0.4, 0.5) is 10.1 Å². The van der Waals surface area contributed by atoms with Crippen LogP contribution in [-0.2, 0) is 17.9 Å². The van der Waals surface area contributed by atoms with Gasteiger partial charge in [0, 0.05) is 47.7 Å². The van der Waals surface area contributed by atoms with Crippen LogP contribution in [0.5, 0.6) is 0 Å². The molecular weight excluding hydrogens is 511 g/mol. The molecule has 40 heavy (non-hydrogen) atoms. The fourth-order valence-electron chi connectivity index (χ4n) is 5.35. The van der Waals surface area contributed by atoms with Crippen molar-refractivity contribution in [1.82, 2.24) is 14.4 Å².